The van der Waals surface area contributed by atoms with Crippen molar-refractivity contribution < 1.29 is 14.7 Å². The summed E-state index contributed by atoms with van der Waals surface area (Å²) >= 11 is 0. The Bertz CT molecular complexity index is 357. The number of aliphatic carboxylic acids is 1. The largest absolute Gasteiger partial charge is 0.479 e. The molecule has 0 aliphatic carbocycles. The lowest BCUT2D eigenvalue weighted by molar-refractivity contribution is -0.149. The van der Waals surface area contributed by atoms with E-state index in [9.17, 15) is 14.7 Å². The topological polar surface area (TPSA) is 60.9 Å². The number of rotatable bonds is 6. The van der Waals surface area contributed by atoms with Gasteiger partial charge in [-0.05, 0) is 39.5 Å². The molecule has 1 fully saturated rings. The predicted molar refractivity (Wildman–Crippen MR) is 78.7 cm³/mol. The second-order valence-electron chi connectivity index (χ2n) is 5.91. The van der Waals surface area contributed by atoms with Crippen LogP contribution in [0.4, 0.5) is 4.79 Å². The molecule has 1 N–H and O–H groups in total. The van der Waals surface area contributed by atoms with Crippen molar-refractivity contribution in [2.75, 3.05) is 13.1 Å². The molecule has 0 aromatic rings. The van der Waals surface area contributed by atoms with Crippen LogP contribution in [0.5, 0.6) is 0 Å². The molecule has 5 nitrogen and oxygen atoms in total. The maximum absolute atomic E-state index is 12.8. The number of hydrogen-bond donors (Lipinski definition) is 1. The summed E-state index contributed by atoms with van der Waals surface area (Å²) in [6, 6.07) is -0.0219. The lowest BCUT2D eigenvalue weighted by atomic mass is 9.91. The molecule has 5 heteroatoms. The molecule has 1 aliphatic rings. The van der Waals surface area contributed by atoms with Crippen molar-refractivity contribution in [3.05, 3.63) is 0 Å². The van der Waals surface area contributed by atoms with Gasteiger partial charge in [-0.25, -0.2) is 9.59 Å². The van der Waals surface area contributed by atoms with Gasteiger partial charge in [0.15, 0.2) is 0 Å². The van der Waals surface area contributed by atoms with Gasteiger partial charge < -0.3 is 14.9 Å². The van der Waals surface area contributed by atoms with Gasteiger partial charge in [-0.2, -0.15) is 0 Å². The lowest BCUT2D eigenvalue weighted by Gasteiger charge is -2.39. The summed E-state index contributed by atoms with van der Waals surface area (Å²) in [6.07, 6.45) is 3.53. The Hall–Kier alpha value is -1.26. The van der Waals surface area contributed by atoms with E-state index in [0.717, 1.165) is 19.3 Å². The Morgan fingerprint density at radius 3 is 2.40 bits per heavy atom. The summed E-state index contributed by atoms with van der Waals surface area (Å²) in [5.74, 6) is -0.856. The summed E-state index contributed by atoms with van der Waals surface area (Å²) in [6.45, 7) is 9.19. The van der Waals surface area contributed by atoms with E-state index in [1.54, 1.807) is 9.80 Å². The first-order valence-electron chi connectivity index (χ1n) is 7.72. The second kappa shape index (κ2) is 6.95. The molecule has 1 unspecified atom stereocenters. The molecule has 20 heavy (non-hydrogen) atoms. The van der Waals surface area contributed by atoms with E-state index in [-0.39, 0.29) is 12.1 Å². The standard InChI is InChI=1S/C15H28N2O3/c1-5-8-15(13(18)19)9-7-11-17(15)14(20)16(10-6-2)12(3)4/h12H,5-11H2,1-4H3,(H,18,19). The van der Waals surface area contributed by atoms with Gasteiger partial charge in [0.05, 0.1) is 0 Å². The molecule has 1 heterocycles. The number of carbonyl (C=O) groups excluding carboxylic acids is 1. The smallest absolute Gasteiger partial charge is 0.329 e. The monoisotopic (exact) mass is 284 g/mol. The van der Waals surface area contributed by atoms with E-state index in [1.807, 2.05) is 27.7 Å². The van der Waals surface area contributed by atoms with Crippen LogP contribution in [-0.2, 0) is 4.79 Å². The van der Waals surface area contributed by atoms with Gasteiger partial charge in [-0.15, -0.1) is 0 Å². The van der Waals surface area contributed by atoms with Gasteiger partial charge >= 0.3 is 12.0 Å². The summed E-state index contributed by atoms with van der Waals surface area (Å²) in [7, 11) is 0. The molecule has 0 spiro atoms. The van der Waals surface area contributed by atoms with Crippen LogP contribution < -0.4 is 0 Å². The quantitative estimate of drug-likeness (QED) is 0.815. The molecule has 116 valence electrons. The first-order chi connectivity index (χ1) is 9.40. The van der Waals surface area contributed by atoms with E-state index >= 15 is 0 Å². The highest BCUT2D eigenvalue weighted by Gasteiger charge is 2.50. The predicted octanol–water partition coefficient (Wildman–Crippen LogP) is 2.95. The zero-order valence-corrected chi connectivity index (χ0v) is 13.2. The highest BCUT2D eigenvalue weighted by Crippen LogP contribution is 2.35. The zero-order valence-electron chi connectivity index (χ0n) is 13.2. The van der Waals surface area contributed by atoms with Crippen molar-refractivity contribution in [1.82, 2.24) is 9.80 Å². The number of hydrogen-bond acceptors (Lipinski definition) is 2. The molecule has 0 aromatic heterocycles. The highest BCUT2D eigenvalue weighted by atomic mass is 16.4. The Labute approximate surface area is 121 Å². The molecule has 1 atom stereocenters. The Morgan fingerprint density at radius 1 is 1.30 bits per heavy atom. The van der Waals surface area contributed by atoms with E-state index in [0.29, 0.717) is 25.9 Å². The van der Waals surface area contributed by atoms with Gasteiger partial charge in [0.2, 0.25) is 0 Å². The van der Waals surface area contributed by atoms with E-state index in [4.69, 9.17) is 0 Å². The van der Waals surface area contributed by atoms with Crippen molar-refractivity contribution in [1.29, 1.82) is 0 Å². The maximum atomic E-state index is 12.8. The van der Waals surface area contributed by atoms with E-state index < -0.39 is 11.5 Å². The van der Waals surface area contributed by atoms with Gasteiger partial charge in [-0.1, -0.05) is 20.3 Å². The van der Waals surface area contributed by atoms with Crippen molar-refractivity contribution in [3.8, 4) is 0 Å². The molecule has 0 bridgehead atoms. The fourth-order valence-corrected chi connectivity index (χ4v) is 3.13. The maximum Gasteiger partial charge on any atom is 0.329 e. The van der Waals surface area contributed by atoms with Crippen LogP contribution >= 0.6 is 0 Å². The third-order valence-electron chi connectivity index (χ3n) is 4.11. The van der Waals surface area contributed by atoms with Crippen LogP contribution in [0.2, 0.25) is 0 Å². The van der Waals surface area contributed by atoms with Crippen LogP contribution in [0.1, 0.15) is 59.8 Å². The minimum absolute atomic E-state index is 0.0937. The van der Waals surface area contributed by atoms with Crippen LogP contribution in [0.15, 0.2) is 0 Å². The number of nitrogens with zero attached hydrogens (tertiary/aromatic N) is 2. The number of amides is 2. The Morgan fingerprint density at radius 2 is 1.95 bits per heavy atom. The van der Waals surface area contributed by atoms with Crippen molar-refractivity contribution >= 4 is 12.0 Å². The molecule has 0 saturated carbocycles. The molecule has 1 rings (SSSR count). The molecule has 2 amide bonds. The molecule has 0 radical (unpaired) electrons. The summed E-state index contributed by atoms with van der Waals surface area (Å²) in [5, 5.41) is 9.65. The average Bonchev–Trinajstić information content (AvgIpc) is 2.80. The SMILES string of the molecule is CCCN(C(=O)N1CCCC1(CCC)C(=O)O)C(C)C. The zero-order chi connectivity index (χ0) is 15.3. The average molecular weight is 284 g/mol. The number of carboxylic acids is 1. The fourth-order valence-electron chi connectivity index (χ4n) is 3.13. The van der Waals surface area contributed by atoms with Crippen LogP contribution in [0.3, 0.4) is 0 Å². The van der Waals surface area contributed by atoms with Gasteiger partial charge in [0.25, 0.3) is 0 Å². The lowest BCUT2D eigenvalue weighted by Crippen LogP contribution is -2.58. The normalized spacial score (nSPS) is 22.4. The number of urea groups is 1. The van der Waals surface area contributed by atoms with Crippen molar-refractivity contribution in [3.63, 3.8) is 0 Å². The second-order valence-corrected chi connectivity index (χ2v) is 5.91. The number of carboxylic acid groups (broad SMARTS) is 1. The summed E-state index contributed by atoms with van der Waals surface area (Å²) < 4.78 is 0. The molecule has 0 aromatic carbocycles. The number of carbonyl (C=O) groups is 2. The minimum atomic E-state index is -0.993. The summed E-state index contributed by atoms with van der Waals surface area (Å²) in [5.41, 5.74) is -0.993. The first-order valence-corrected chi connectivity index (χ1v) is 7.72. The molecular formula is C15H28N2O3. The van der Waals surface area contributed by atoms with Gasteiger partial charge in [0, 0.05) is 19.1 Å². The van der Waals surface area contributed by atoms with Crippen molar-refractivity contribution in [2.24, 2.45) is 0 Å². The highest BCUT2D eigenvalue weighted by molar-refractivity contribution is 5.87. The molecule has 1 aliphatic heterocycles. The molecule has 1 saturated heterocycles. The van der Waals surface area contributed by atoms with Gasteiger partial charge in [-0.3, -0.25) is 0 Å². The Kier molecular flexibility index (Phi) is 5.84. The van der Waals surface area contributed by atoms with Crippen LogP contribution in [0.25, 0.3) is 0 Å². The van der Waals surface area contributed by atoms with E-state index in [1.165, 1.54) is 0 Å². The van der Waals surface area contributed by atoms with E-state index in [2.05, 4.69) is 0 Å². The first kappa shape index (κ1) is 16.8. The van der Waals surface area contributed by atoms with Gasteiger partial charge in [0.1, 0.15) is 5.54 Å². The summed E-state index contributed by atoms with van der Waals surface area (Å²) in [4.78, 5) is 27.9. The number of likely N-dealkylation sites (tertiary alicyclic amines) is 1. The van der Waals surface area contributed by atoms with Crippen molar-refractivity contribution in [2.45, 2.75) is 71.4 Å². The third kappa shape index (κ3) is 3.07. The molecular weight excluding hydrogens is 256 g/mol. The minimum Gasteiger partial charge on any atom is -0.479 e. The fraction of sp³-hybridized carbons (Fsp3) is 0.867. The van der Waals surface area contributed by atoms with Crippen LogP contribution in [-0.4, -0.2) is 51.6 Å². The van der Waals surface area contributed by atoms with Crippen LogP contribution in [0, 0.1) is 0 Å². The Balaban J connectivity index is 3.02. The third-order valence-corrected chi connectivity index (χ3v) is 4.11.